The van der Waals surface area contributed by atoms with Gasteiger partial charge in [-0.1, -0.05) is 121 Å². The molecule has 1 spiro atoms. The zero-order chi connectivity index (χ0) is 30.0. The highest BCUT2D eigenvalue weighted by molar-refractivity contribution is 5.97. The van der Waals surface area contributed by atoms with Crippen molar-refractivity contribution in [1.29, 1.82) is 5.26 Å². The van der Waals surface area contributed by atoms with Gasteiger partial charge in [-0.05, 0) is 97.1 Å². The van der Waals surface area contributed by atoms with Crippen LogP contribution < -0.4 is 0 Å². The molecule has 0 N–H and O–H groups in total. The van der Waals surface area contributed by atoms with Crippen LogP contribution in [0.2, 0.25) is 0 Å². The van der Waals surface area contributed by atoms with E-state index in [0.717, 1.165) is 22.4 Å². The van der Waals surface area contributed by atoms with Crippen LogP contribution >= 0.6 is 0 Å². The Balaban J connectivity index is 1.29. The number of pyridine rings is 1. The highest BCUT2D eigenvalue weighted by Crippen LogP contribution is 2.63. The van der Waals surface area contributed by atoms with E-state index in [2.05, 4.69) is 151 Å². The van der Waals surface area contributed by atoms with Crippen molar-refractivity contribution in [2.24, 2.45) is 0 Å². The topological polar surface area (TPSA) is 36.7 Å². The molecule has 0 saturated carbocycles. The van der Waals surface area contributed by atoms with E-state index in [4.69, 9.17) is 0 Å². The summed E-state index contributed by atoms with van der Waals surface area (Å²) < 4.78 is 0. The van der Waals surface area contributed by atoms with Crippen molar-refractivity contribution in [2.45, 2.75) is 5.41 Å². The van der Waals surface area contributed by atoms with Crippen molar-refractivity contribution in [1.82, 2.24) is 4.98 Å². The first kappa shape index (κ1) is 25.5. The molecular weight excluding hydrogens is 544 g/mol. The van der Waals surface area contributed by atoms with Crippen molar-refractivity contribution in [3.05, 3.63) is 186 Å². The molecule has 0 atom stereocenters. The van der Waals surface area contributed by atoms with Gasteiger partial charge in [-0.15, -0.1) is 0 Å². The smallest absolute Gasteiger partial charge is 0.0992 e. The van der Waals surface area contributed by atoms with Crippen LogP contribution in [0.5, 0.6) is 0 Å². The lowest BCUT2D eigenvalue weighted by Gasteiger charge is -2.30. The first-order valence-electron chi connectivity index (χ1n) is 15.3. The predicted molar refractivity (Wildman–Crippen MR) is 182 cm³/mol. The van der Waals surface area contributed by atoms with Crippen LogP contribution in [-0.4, -0.2) is 4.98 Å². The minimum Gasteiger partial charge on any atom is -0.256 e. The molecule has 6 aromatic carbocycles. The van der Waals surface area contributed by atoms with Gasteiger partial charge in [0.1, 0.15) is 0 Å². The highest BCUT2D eigenvalue weighted by atomic mass is 14.7. The van der Waals surface area contributed by atoms with Crippen LogP contribution in [0.1, 0.15) is 27.8 Å². The summed E-state index contributed by atoms with van der Waals surface area (Å²) >= 11 is 0. The molecule has 0 unspecified atom stereocenters. The first-order valence-corrected chi connectivity index (χ1v) is 15.3. The molecule has 7 aromatic rings. The lowest BCUT2D eigenvalue weighted by Crippen LogP contribution is -2.25. The lowest BCUT2D eigenvalue weighted by atomic mass is 9.70. The Morgan fingerprint density at radius 2 is 0.956 bits per heavy atom. The number of hydrogen-bond acceptors (Lipinski definition) is 2. The van der Waals surface area contributed by atoms with Crippen LogP contribution in [0.15, 0.2) is 158 Å². The molecule has 0 radical (unpaired) electrons. The lowest BCUT2D eigenvalue weighted by molar-refractivity contribution is 0.794. The SMILES string of the molecule is N#Cc1ccnc(-c2cccc(-c3ccc4c(c3)-c3cc(-c5ccccc5)ccc3C43c4ccccc4-c4ccccc43)c2)c1. The zero-order valence-electron chi connectivity index (χ0n) is 24.4. The Labute approximate surface area is 262 Å². The molecule has 0 bridgehead atoms. The standard InChI is InChI=1S/C43H26N2/c44-27-28-21-22-45-42(23-28)33-12-8-11-30(24-33)32-18-20-41-37(26-32)36-25-31(29-9-2-1-3-10-29)17-19-40(36)43(41)38-15-6-4-13-34(38)35-14-5-7-16-39(35)43/h1-26H. The molecule has 2 nitrogen and oxygen atoms in total. The Kier molecular flexibility index (Phi) is 5.51. The summed E-state index contributed by atoms with van der Waals surface area (Å²) in [5.41, 5.74) is 17.2. The second-order valence-corrected chi connectivity index (χ2v) is 11.9. The fourth-order valence-corrected chi connectivity index (χ4v) is 7.65. The fraction of sp³-hybridized carbons (Fsp3) is 0.0233. The van der Waals surface area contributed by atoms with Crippen molar-refractivity contribution < 1.29 is 0 Å². The number of rotatable bonds is 3. The molecule has 45 heavy (non-hydrogen) atoms. The van der Waals surface area contributed by atoms with Crippen molar-refractivity contribution >= 4 is 0 Å². The van der Waals surface area contributed by atoms with E-state index in [1.165, 1.54) is 55.6 Å². The molecule has 0 fully saturated rings. The van der Waals surface area contributed by atoms with Gasteiger partial charge in [0.05, 0.1) is 22.7 Å². The van der Waals surface area contributed by atoms with E-state index in [1.807, 2.05) is 6.07 Å². The third-order valence-corrected chi connectivity index (χ3v) is 9.58. The normalized spacial score (nSPS) is 13.0. The van der Waals surface area contributed by atoms with Gasteiger partial charge in [0.2, 0.25) is 0 Å². The van der Waals surface area contributed by atoms with Gasteiger partial charge in [0, 0.05) is 11.8 Å². The number of aromatic nitrogens is 1. The van der Waals surface area contributed by atoms with Gasteiger partial charge in [-0.3, -0.25) is 4.98 Å². The first-order chi connectivity index (χ1) is 22.3. The van der Waals surface area contributed by atoms with Gasteiger partial charge in [0.15, 0.2) is 0 Å². The molecule has 1 heterocycles. The Hall–Kier alpha value is -6.04. The second-order valence-electron chi connectivity index (χ2n) is 11.9. The van der Waals surface area contributed by atoms with Gasteiger partial charge in [-0.2, -0.15) is 5.26 Å². The minimum absolute atomic E-state index is 0.380. The van der Waals surface area contributed by atoms with Gasteiger partial charge in [-0.25, -0.2) is 0 Å². The average molecular weight is 571 g/mol. The minimum atomic E-state index is -0.380. The summed E-state index contributed by atoms with van der Waals surface area (Å²) in [5.74, 6) is 0. The van der Waals surface area contributed by atoms with Crippen LogP contribution in [0, 0.1) is 11.3 Å². The second kappa shape index (κ2) is 9.74. The van der Waals surface area contributed by atoms with E-state index in [-0.39, 0.29) is 5.41 Å². The summed E-state index contributed by atoms with van der Waals surface area (Å²) in [6.45, 7) is 0. The largest absolute Gasteiger partial charge is 0.256 e. The Morgan fingerprint density at radius 3 is 1.62 bits per heavy atom. The number of fused-ring (bicyclic) bond motifs is 10. The third-order valence-electron chi connectivity index (χ3n) is 9.58. The summed E-state index contributed by atoms with van der Waals surface area (Å²) in [5, 5.41) is 9.44. The number of benzene rings is 6. The summed E-state index contributed by atoms with van der Waals surface area (Å²) in [7, 11) is 0. The molecule has 2 aliphatic carbocycles. The molecule has 0 aliphatic heterocycles. The van der Waals surface area contributed by atoms with Crippen LogP contribution in [0.25, 0.3) is 55.8 Å². The van der Waals surface area contributed by atoms with Crippen molar-refractivity contribution in [3.8, 4) is 61.8 Å². The molecule has 2 heteroatoms. The molecule has 208 valence electrons. The van der Waals surface area contributed by atoms with E-state index in [9.17, 15) is 5.26 Å². The molecule has 2 aliphatic rings. The molecule has 0 amide bonds. The maximum atomic E-state index is 9.44. The molecule has 0 saturated heterocycles. The third kappa shape index (κ3) is 3.65. The Morgan fingerprint density at radius 1 is 0.422 bits per heavy atom. The fourth-order valence-electron chi connectivity index (χ4n) is 7.65. The molecule has 9 rings (SSSR count). The van der Waals surface area contributed by atoms with Gasteiger partial charge in [0.25, 0.3) is 0 Å². The zero-order valence-corrected chi connectivity index (χ0v) is 24.4. The molecular formula is C43H26N2. The highest BCUT2D eigenvalue weighted by Gasteiger charge is 2.51. The summed E-state index contributed by atoms with van der Waals surface area (Å²) in [6.07, 6.45) is 1.70. The summed E-state index contributed by atoms with van der Waals surface area (Å²) in [6, 6.07) is 56.8. The Bertz CT molecular complexity index is 2300. The van der Waals surface area contributed by atoms with E-state index in [1.54, 1.807) is 12.3 Å². The monoisotopic (exact) mass is 570 g/mol. The van der Waals surface area contributed by atoms with Crippen LogP contribution in [-0.2, 0) is 5.41 Å². The maximum Gasteiger partial charge on any atom is 0.0992 e. The van der Waals surface area contributed by atoms with Crippen LogP contribution in [0.3, 0.4) is 0 Å². The number of hydrogen-bond donors (Lipinski definition) is 0. The number of nitriles is 1. The van der Waals surface area contributed by atoms with E-state index >= 15 is 0 Å². The van der Waals surface area contributed by atoms with Gasteiger partial charge < -0.3 is 0 Å². The molecule has 1 aromatic heterocycles. The van der Waals surface area contributed by atoms with E-state index in [0.29, 0.717) is 5.56 Å². The van der Waals surface area contributed by atoms with Crippen molar-refractivity contribution in [3.63, 3.8) is 0 Å². The van der Waals surface area contributed by atoms with E-state index < -0.39 is 0 Å². The number of nitrogens with zero attached hydrogens (tertiary/aromatic N) is 2. The van der Waals surface area contributed by atoms with Crippen LogP contribution in [0.4, 0.5) is 0 Å². The maximum absolute atomic E-state index is 9.44. The quantitative estimate of drug-likeness (QED) is 0.212. The average Bonchev–Trinajstić information content (AvgIpc) is 3.58. The predicted octanol–water partition coefficient (Wildman–Crippen LogP) is 10.3. The van der Waals surface area contributed by atoms with Crippen molar-refractivity contribution in [2.75, 3.05) is 0 Å². The summed E-state index contributed by atoms with van der Waals surface area (Å²) in [4.78, 5) is 4.56. The van der Waals surface area contributed by atoms with Gasteiger partial charge >= 0.3 is 0 Å².